The molecule has 1 unspecified atom stereocenters. The molecule has 1 aromatic heterocycles. The van der Waals surface area contributed by atoms with Gasteiger partial charge in [-0.05, 0) is 55.5 Å². The van der Waals surface area contributed by atoms with Gasteiger partial charge in [0, 0.05) is 11.1 Å². The van der Waals surface area contributed by atoms with Crippen LogP contribution in [0.2, 0.25) is 0 Å². The first-order valence-electron chi connectivity index (χ1n) is 8.47. The van der Waals surface area contributed by atoms with Crippen molar-refractivity contribution in [3.05, 3.63) is 71.5 Å². The van der Waals surface area contributed by atoms with Gasteiger partial charge >= 0.3 is 0 Å². The van der Waals surface area contributed by atoms with Gasteiger partial charge in [0.15, 0.2) is 5.82 Å². The second-order valence-electron chi connectivity index (χ2n) is 6.42. The van der Waals surface area contributed by atoms with Gasteiger partial charge in [0.25, 0.3) is 11.8 Å². The fraction of sp³-hybridized carbons (Fsp3) is 0.250. The zero-order valence-corrected chi connectivity index (χ0v) is 14.0. The van der Waals surface area contributed by atoms with Crippen LogP contribution in [0.15, 0.2) is 59.1 Å². The molecule has 5 nitrogen and oxygen atoms in total. The predicted octanol–water partition coefficient (Wildman–Crippen LogP) is 3.93. The Morgan fingerprint density at radius 3 is 2.44 bits per heavy atom. The third-order valence-electron chi connectivity index (χ3n) is 4.46. The van der Waals surface area contributed by atoms with Crippen LogP contribution in [-0.4, -0.2) is 16.0 Å². The molecule has 2 aromatic carbocycles. The second kappa shape index (κ2) is 6.51. The van der Waals surface area contributed by atoms with Crippen molar-refractivity contribution in [2.75, 3.05) is 0 Å². The highest BCUT2D eigenvalue weighted by Crippen LogP contribution is 2.41. The molecule has 1 atom stereocenters. The molecule has 0 aliphatic heterocycles. The van der Waals surface area contributed by atoms with Crippen LogP contribution in [0.3, 0.4) is 0 Å². The summed E-state index contributed by atoms with van der Waals surface area (Å²) >= 11 is 0. The zero-order valence-electron chi connectivity index (χ0n) is 14.0. The third-order valence-corrected chi connectivity index (χ3v) is 4.46. The summed E-state index contributed by atoms with van der Waals surface area (Å²) in [5.74, 6) is 1.53. The minimum absolute atomic E-state index is 0.0611. The van der Waals surface area contributed by atoms with E-state index in [9.17, 15) is 4.79 Å². The van der Waals surface area contributed by atoms with Crippen molar-refractivity contribution in [3.63, 3.8) is 0 Å². The van der Waals surface area contributed by atoms with Gasteiger partial charge in [-0.3, -0.25) is 4.79 Å². The maximum Gasteiger partial charge on any atom is 0.257 e. The number of benzene rings is 2. The van der Waals surface area contributed by atoms with E-state index in [-0.39, 0.29) is 11.9 Å². The molecule has 1 amide bonds. The maximum absolute atomic E-state index is 12.7. The molecule has 1 fully saturated rings. The monoisotopic (exact) mass is 333 g/mol. The largest absolute Gasteiger partial charge is 0.345 e. The van der Waals surface area contributed by atoms with Gasteiger partial charge in [0.2, 0.25) is 0 Å². The SMILES string of the molecule is Cc1noc(-c2ccc(C(=O)NC(c3ccccc3)C3CC3)cc2)n1. The van der Waals surface area contributed by atoms with Gasteiger partial charge < -0.3 is 9.84 Å². The van der Waals surface area contributed by atoms with Gasteiger partial charge in [-0.15, -0.1) is 0 Å². The highest BCUT2D eigenvalue weighted by atomic mass is 16.5. The fourth-order valence-electron chi connectivity index (χ4n) is 2.97. The van der Waals surface area contributed by atoms with Crippen LogP contribution in [0.4, 0.5) is 0 Å². The van der Waals surface area contributed by atoms with E-state index in [4.69, 9.17) is 4.52 Å². The van der Waals surface area contributed by atoms with E-state index in [1.54, 1.807) is 19.1 Å². The van der Waals surface area contributed by atoms with Crippen LogP contribution in [0.1, 0.15) is 40.6 Å². The van der Waals surface area contributed by atoms with E-state index in [0.717, 1.165) is 24.0 Å². The first-order chi connectivity index (χ1) is 12.2. The van der Waals surface area contributed by atoms with Crippen LogP contribution in [0.5, 0.6) is 0 Å². The molecule has 1 saturated carbocycles. The molecule has 0 radical (unpaired) electrons. The summed E-state index contributed by atoms with van der Waals surface area (Å²) < 4.78 is 5.15. The number of aryl methyl sites for hydroxylation is 1. The van der Waals surface area contributed by atoms with Crippen LogP contribution in [0, 0.1) is 12.8 Å². The van der Waals surface area contributed by atoms with Crippen LogP contribution in [0.25, 0.3) is 11.5 Å². The highest BCUT2D eigenvalue weighted by Gasteiger charge is 2.33. The Morgan fingerprint density at radius 2 is 1.84 bits per heavy atom. The topological polar surface area (TPSA) is 68.0 Å². The quantitative estimate of drug-likeness (QED) is 0.768. The Hall–Kier alpha value is -2.95. The van der Waals surface area contributed by atoms with Crippen molar-refractivity contribution in [1.29, 1.82) is 0 Å². The zero-order chi connectivity index (χ0) is 17.2. The van der Waals surface area contributed by atoms with Gasteiger partial charge in [0.1, 0.15) is 0 Å². The lowest BCUT2D eigenvalue weighted by Crippen LogP contribution is -2.29. The first kappa shape index (κ1) is 15.6. The lowest BCUT2D eigenvalue weighted by molar-refractivity contribution is 0.0931. The number of aromatic nitrogens is 2. The standard InChI is InChI=1S/C20H19N3O2/c1-13-21-20(25-23-13)17-11-9-16(10-12-17)19(24)22-18(15-7-8-15)14-5-3-2-4-6-14/h2-6,9-12,15,18H,7-8H2,1H3,(H,22,24). The number of rotatable bonds is 5. The number of nitrogens with one attached hydrogen (secondary N) is 1. The van der Waals surface area contributed by atoms with Gasteiger partial charge in [0.05, 0.1) is 6.04 Å². The van der Waals surface area contributed by atoms with Crippen molar-refractivity contribution in [2.24, 2.45) is 5.92 Å². The average Bonchev–Trinajstić information content (AvgIpc) is 3.40. The molecule has 25 heavy (non-hydrogen) atoms. The van der Waals surface area contributed by atoms with E-state index >= 15 is 0 Å². The number of hydrogen-bond acceptors (Lipinski definition) is 4. The molecular formula is C20H19N3O2. The summed E-state index contributed by atoms with van der Waals surface area (Å²) in [6.07, 6.45) is 2.32. The van der Waals surface area contributed by atoms with Crippen molar-refractivity contribution in [2.45, 2.75) is 25.8 Å². The van der Waals surface area contributed by atoms with Crippen LogP contribution >= 0.6 is 0 Å². The summed E-state index contributed by atoms with van der Waals surface area (Å²) in [6, 6.07) is 17.5. The van der Waals surface area contributed by atoms with Crippen molar-refractivity contribution in [1.82, 2.24) is 15.5 Å². The molecule has 3 aromatic rings. The molecule has 0 saturated heterocycles. The number of carbonyl (C=O) groups excluding carboxylic acids is 1. The van der Waals surface area contributed by atoms with E-state index in [0.29, 0.717) is 23.2 Å². The second-order valence-corrected chi connectivity index (χ2v) is 6.42. The molecule has 5 heteroatoms. The Kier molecular flexibility index (Phi) is 4.06. The fourth-order valence-corrected chi connectivity index (χ4v) is 2.97. The smallest absolute Gasteiger partial charge is 0.257 e. The molecule has 4 rings (SSSR count). The molecule has 1 heterocycles. The first-order valence-corrected chi connectivity index (χ1v) is 8.47. The Labute approximate surface area is 146 Å². The number of carbonyl (C=O) groups is 1. The maximum atomic E-state index is 12.7. The number of hydrogen-bond donors (Lipinski definition) is 1. The van der Waals surface area contributed by atoms with Gasteiger partial charge in [-0.2, -0.15) is 4.98 Å². The Bertz CT molecular complexity index is 867. The Balaban J connectivity index is 1.50. The molecule has 1 aliphatic carbocycles. The summed E-state index contributed by atoms with van der Waals surface area (Å²) in [6.45, 7) is 1.77. The summed E-state index contributed by atoms with van der Waals surface area (Å²) in [4.78, 5) is 16.8. The summed E-state index contributed by atoms with van der Waals surface area (Å²) in [5.41, 5.74) is 2.59. The van der Waals surface area contributed by atoms with E-state index < -0.39 is 0 Å². The van der Waals surface area contributed by atoms with E-state index in [1.165, 1.54) is 0 Å². The highest BCUT2D eigenvalue weighted by molar-refractivity contribution is 5.94. The molecule has 126 valence electrons. The van der Waals surface area contributed by atoms with Crippen molar-refractivity contribution >= 4 is 5.91 Å². The van der Waals surface area contributed by atoms with E-state index in [1.807, 2.05) is 30.3 Å². The Morgan fingerprint density at radius 1 is 1.12 bits per heavy atom. The summed E-state index contributed by atoms with van der Waals surface area (Å²) in [5, 5.41) is 6.97. The third kappa shape index (κ3) is 3.45. The van der Waals surface area contributed by atoms with Gasteiger partial charge in [-0.1, -0.05) is 35.5 Å². The molecular weight excluding hydrogens is 314 g/mol. The lowest BCUT2D eigenvalue weighted by Gasteiger charge is -2.19. The molecule has 1 aliphatic rings. The average molecular weight is 333 g/mol. The lowest BCUT2D eigenvalue weighted by atomic mass is 10.0. The summed E-state index contributed by atoms with van der Waals surface area (Å²) in [7, 11) is 0. The molecule has 1 N–H and O–H groups in total. The minimum Gasteiger partial charge on any atom is -0.345 e. The van der Waals surface area contributed by atoms with Crippen molar-refractivity contribution < 1.29 is 9.32 Å². The van der Waals surface area contributed by atoms with Crippen molar-refractivity contribution in [3.8, 4) is 11.5 Å². The normalized spacial score (nSPS) is 14.9. The number of amides is 1. The molecule has 0 spiro atoms. The van der Waals surface area contributed by atoms with Gasteiger partial charge in [-0.25, -0.2) is 0 Å². The number of nitrogens with zero attached hydrogens (tertiary/aromatic N) is 2. The van der Waals surface area contributed by atoms with Crippen LogP contribution < -0.4 is 5.32 Å². The molecule has 0 bridgehead atoms. The van der Waals surface area contributed by atoms with Crippen LogP contribution in [-0.2, 0) is 0 Å². The van der Waals surface area contributed by atoms with E-state index in [2.05, 4.69) is 27.6 Å². The minimum atomic E-state index is -0.0611. The predicted molar refractivity (Wildman–Crippen MR) is 93.8 cm³/mol.